The van der Waals surface area contributed by atoms with Gasteiger partial charge in [-0.1, -0.05) is 33.1 Å². The minimum Gasteiger partial charge on any atom is -0.311 e. The molecule has 2 atom stereocenters. The molecule has 0 amide bonds. The maximum Gasteiger partial charge on any atom is 0.0762 e. The van der Waals surface area contributed by atoms with Crippen molar-refractivity contribution in [2.24, 2.45) is 5.92 Å². The van der Waals surface area contributed by atoms with Crippen molar-refractivity contribution in [1.82, 2.24) is 15.1 Å². The Hall–Kier alpha value is -0.830. The number of hydrogen-bond donors (Lipinski definition) is 1. The zero-order chi connectivity index (χ0) is 12.1. The third-order valence-electron chi connectivity index (χ3n) is 3.95. The van der Waals surface area contributed by atoms with Crippen LogP contribution in [0.3, 0.4) is 0 Å². The summed E-state index contributed by atoms with van der Waals surface area (Å²) in [5, 5.41) is 8.05. The van der Waals surface area contributed by atoms with E-state index in [0.29, 0.717) is 6.04 Å². The monoisotopic (exact) mass is 235 g/mol. The van der Waals surface area contributed by atoms with Gasteiger partial charge in [0.05, 0.1) is 11.7 Å². The Balaban J connectivity index is 2.02. The van der Waals surface area contributed by atoms with Crippen molar-refractivity contribution in [3.05, 3.63) is 18.0 Å². The number of nitrogens with zero attached hydrogens (tertiary/aromatic N) is 2. The van der Waals surface area contributed by atoms with Gasteiger partial charge in [0.1, 0.15) is 0 Å². The number of nitrogens with one attached hydrogen (secondary N) is 1. The molecule has 17 heavy (non-hydrogen) atoms. The third kappa shape index (κ3) is 3.09. The van der Waals surface area contributed by atoms with E-state index in [0.717, 1.165) is 19.0 Å². The molecule has 1 saturated carbocycles. The minimum absolute atomic E-state index is 0.643. The van der Waals surface area contributed by atoms with Crippen LogP contribution in [0.4, 0.5) is 0 Å². The van der Waals surface area contributed by atoms with E-state index >= 15 is 0 Å². The first-order valence-electron chi connectivity index (χ1n) is 7.09. The summed E-state index contributed by atoms with van der Waals surface area (Å²) >= 11 is 0. The highest BCUT2D eigenvalue weighted by atomic mass is 15.3. The molecule has 0 radical (unpaired) electrons. The molecule has 0 spiro atoms. The molecular formula is C14H25N3. The Morgan fingerprint density at radius 1 is 1.35 bits per heavy atom. The van der Waals surface area contributed by atoms with Crippen LogP contribution in [-0.4, -0.2) is 16.3 Å². The van der Waals surface area contributed by atoms with E-state index in [-0.39, 0.29) is 0 Å². The molecule has 1 fully saturated rings. The number of aromatic nitrogens is 2. The average Bonchev–Trinajstić information content (AvgIpc) is 2.85. The zero-order valence-electron chi connectivity index (χ0n) is 11.2. The van der Waals surface area contributed by atoms with Crippen molar-refractivity contribution >= 4 is 0 Å². The Morgan fingerprint density at radius 3 is 2.94 bits per heavy atom. The Labute approximate surface area is 105 Å². The lowest BCUT2D eigenvalue weighted by Gasteiger charge is -2.31. The van der Waals surface area contributed by atoms with Crippen molar-refractivity contribution in [3.63, 3.8) is 0 Å². The molecule has 1 aliphatic rings. The number of rotatable bonds is 5. The van der Waals surface area contributed by atoms with Gasteiger partial charge in [-0.3, -0.25) is 4.68 Å². The Kier molecular flexibility index (Phi) is 4.60. The van der Waals surface area contributed by atoms with Crippen molar-refractivity contribution in [2.45, 2.75) is 58.5 Å². The van der Waals surface area contributed by atoms with Gasteiger partial charge in [0.25, 0.3) is 0 Å². The summed E-state index contributed by atoms with van der Waals surface area (Å²) in [7, 11) is 0. The summed E-state index contributed by atoms with van der Waals surface area (Å²) in [6.45, 7) is 6.35. The lowest BCUT2D eigenvalue weighted by Crippen LogP contribution is -2.23. The van der Waals surface area contributed by atoms with Gasteiger partial charge in [-0.05, 0) is 31.4 Å². The molecule has 0 aromatic carbocycles. The molecule has 3 nitrogen and oxygen atoms in total. The molecule has 96 valence electrons. The van der Waals surface area contributed by atoms with Crippen LogP contribution < -0.4 is 5.32 Å². The van der Waals surface area contributed by atoms with Gasteiger partial charge in [-0.25, -0.2) is 0 Å². The van der Waals surface area contributed by atoms with Crippen LogP contribution >= 0.6 is 0 Å². The molecule has 0 aliphatic heterocycles. The van der Waals surface area contributed by atoms with Crippen LogP contribution in [0.1, 0.15) is 57.7 Å². The molecule has 0 bridgehead atoms. The van der Waals surface area contributed by atoms with Gasteiger partial charge in [0, 0.05) is 12.7 Å². The summed E-state index contributed by atoms with van der Waals surface area (Å²) in [4.78, 5) is 0. The molecule has 0 saturated heterocycles. The molecular weight excluding hydrogens is 210 g/mol. The second-order valence-corrected chi connectivity index (χ2v) is 5.09. The number of hydrogen-bond acceptors (Lipinski definition) is 2. The molecule has 1 N–H and O–H groups in total. The summed E-state index contributed by atoms with van der Waals surface area (Å²) in [6, 6.07) is 2.80. The van der Waals surface area contributed by atoms with Gasteiger partial charge >= 0.3 is 0 Å². The first-order valence-corrected chi connectivity index (χ1v) is 7.09. The van der Waals surface area contributed by atoms with E-state index in [1.807, 2.05) is 0 Å². The quantitative estimate of drug-likeness (QED) is 0.849. The Morgan fingerprint density at radius 2 is 2.18 bits per heavy atom. The van der Waals surface area contributed by atoms with Crippen LogP contribution in [0, 0.1) is 5.92 Å². The first-order chi connectivity index (χ1) is 8.35. The van der Waals surface area contributed by atoms with E-state index in [1.165, 1.54) is 37.8 Å². The molecule has 1 aromatic rings. The van der Waals surface area contributed by atoms with Crippen LogP contribution in [0.5, 0.6) is 0 Å². The van der Waals surface area contributed by atoms with Crippen molar-refractivity contribution in [1.29, 1.82) is 0 Å². The van der Waals surface area contributed by atoms with Gasteiger partial charge in [0.2, 0.25) is 0 Å². The van der Waals surface area contributed by atoms with Gasteiger partial charge in [0.15, 0.2) is 0 Å². The van der Waals surface area contributed by atoms with Crippen molar-refractivity contribution < 1.29 is 0 Å². The molecule has 1 heterocycles. The second-order valence-electron chi connectivity index (χ2n) is 5.09. The fourth-order valence-electron chi connectivity index (χ4n) is 2.92. The summed E-state index contributed by atoms with van der Waals surface area (Å²) in [5.41, 5.74) is 1.17. The minimum atomic E-state index is 0.643. The van der Waals surface area contributed by atoms with Crippen LogP contribution in [0.25, 0.3) is 0 Å². The maximum atomic E-state index is 4.72. The molecule has 1 aromatic heterocycles. The SMILES string of the molecule is CCNCc1ccn(C2CCCCC2CC)n1. The summed E-state index contributed by atoms with van der Waals surface area (Å²) in [5.74, 6) is 0.829. The predicted molar refractivity (Wildman–Crippen MR) is 70.9 cm³/mol. The highest BCUT2D eigenvalue weighted by Gasteiger charge is 2.25. The molecule has 1 aliphatic carbocycles. The highest BCUT2D eigenvalue weighted by molar-refractivity contribution is 5.00. The molecule has 3 heteroatoms. The topological polar surface area (TPSA) is 29.9 Å². The van der Waals surface area contributed by atoms with E-state index in [2.05, 4.69) is 36.1 Å². The fraction of sp³-hybridized carbons (Fsp3) is 0.786. The van der Waals surface area contributed by atoms with E-state index in [1.54, 1.807) is 0 Å². The van der Waals surface area contributed by atoms with E-state index in [4.69, 9.17) is 5.10 Å². The normalized spacial score (nSPS) is 25.1. The van der Waals surface area contributed by atoms with Crippen molar-refractivity contribution in [3.8, 4) is 0 Å². The van der Waals surface area contributed by atoms with Gasteiger partial charge in [-0.15, -0.1) is 0 Å². The first kappa shape index (κ1) is 12.6. The Bertz CT molecular complexity index is 332. The zero-order valence-corrected chi connectivity index (χ0v) is 11.2. The highest BCUT2D eigenvalue weighted by Crippen LogP contribution is 2.35. The lowest BCUT2D eigenvalue weighted by atomic mass is 9.83. The van der Waals surface area contributed by atoms with E-state index < -0.39 is 0 Å². The second kappa shape index (κ2) is 6.20. The van der Waals surface area contributed by atoms with E-state index in [9.17, 15) is 0 Å². The molecule has 2 rings (SSSR count). The predicted octanol–water partition coefficient (Wildman–Crippen LogP) is 3.13. The average molecular weight is 235 g/mol. The lowest BCUT2D eigenvalue weighted by molar-refractivity contribution is 0.216. The van der Waals surface area contributed by atoms with Crippen LogP contribution in [0.2, 0.25) is 0 Å². The smallest absolute Gasteiger partial charge is 0.0762 e. The van der Waals surface area contributed by atoms with Gasteiger partial charge in [-0.2, -0.15) is 5.10 Å². The largest absolute Gasteiger partial charge is 0.311 e. The fourth-order valence-corrected chi connectivity index (χ4v) is 2.92. The van der Waals surface area contributed by atoms with Gasteiger partial charge < -0.3 is 5.32 Å². The summed E-state index contributed by atoms with van der Waals surface area (Å²) in [6.07, 6.45) is 8.91. The summed E-state index contributed by atoms with van der Waals surface area (Å²) < 4.78 is 2.22. The van der Waals surface area contributed by atoms with Crippen LogP contribution in [0.15, 0.2) is 12.3 Å². The van der Waals surface area contributed by atoms with Crippen molar-refractivity contribution in [2.75, 3.05) is 6.54 Å². The van der Waals surface area contributed by atoms with Crippen LogP contribution in [-0.2, 0) is 6.54 Å². The molecule has 2 unspecified atom stereocenters. The standard InChI is InChI=1S/C14H25N3/c1-3-12-7-5-6-8-14(12)17-10-9-13(16-17)11-15-4-2/h9-10,12,14-15H,3-8,11H2,1-2H3. The maximum absolute atomic E-state index is 4.72. The third-order valence-corrected chi connectivity index (χ3v) is 3.95.